The molecule has 5 nitrogen and oxygen atoms in total. The van der Waals surface area contributed by atoms with Crippen molar-refractivity contribution in [2.75, 3.05) is 18.4 Å². The molecule has 1 aromatic carbocycles. The highest BCUT2D eigenvalue weighted by molar-refractivity contribution is 5.96. The fourth-order valence-corrected chi connectivity index (χ4v) is 4.75. The SMILES string of the molecule is Cl.NC1C2CCC(C2)C1C(=O)Nc1ccc(C(=O)N2CCCC2)cc1. The number of nitrogens with one attached hydrogen (secondary N) is 1. The van der Waals surface area contributed by atoms with Gasteiger partial charge in [-0.05, 0) is 68.2 Å². The average Bonchev–Trinajstić information content (AvgIpc) is 3.32. The van der Waals surface area contributed by atoms with Crippen molar-refractivity contribution in [2.45, 2.75) is 38.1 Å². The van der Waals surface area contributed by atoms with Crippen molar-refractivity contribution in [2.24, 2.45) is 23.5 Å². The molecule has 4 unspecified atom stereocenters. The van der Waals surface area contributed by atoms with Gasteiger partial charge in [-0.1, -0.05) is 0 Å². The molecule has 1 heterocycles. The lowest BCUT2D eigenvalue weighted by atomic mass is 9.84. The Balaban J connectivity index is 0.00000182. The Morgan fingerprint density at radius 3 is 2.28 bits per heavy atom. The predicted octanol–water partition coefficient (Wildman–Crippen LogP) is 2.66. The number of carbonyl (C=O) groups is 2. The van der Waals surface area contributed by atoms with Gasteiger partial charge in [0.2, 0.25) is 5.91 Å². The molecular weight excluding hydrogens is 338 g/mol. The van der Waals surface area contributed by atoms with E-state index in [0.29, 0.717) is 17.4 Å². The number of benzene rings is 1. The second kappa shape index (κ2) is 7.34. The van der Waals surface area contributed by atoms with Gasteiger partial charge >= 0.3 is 0 Å². The van der Waals surface area contributed by atoms with Gasteiger partial charge in [0, 0.05) is 30.4 Å². The molecule has 2 bridgehead atoms. The number of fused-ring (bicyclic) bond motifs is 2. The zero-order valence-electron chi connectivity index (χ0n) is 14.3. The van der Waals surface area contributed by atoms with Crippen LogP contribution >= 0.6 is 12.4 Å². The third-order valence-corrected chi connectivity index (χ3v) is 6.08. The molecule has 2 amide bonds. The molecule has 6 heteroatoms. The summed E-state index contributed by atoms with van der Waals surface area (Å²) in [6, 6.07) is 7.24. The maximum absolute atomic E-state index is 12.6. The first-order valence-electron chi connectivity index (χ1n) is 9.09. The van der Waals surface area contributed by atoms with E-state index in [2.05, 4.69) is 5.32 Å². The van der Waals surface area contributed by atoms with Gasteiger partial charge in [-0.15, -0.1) is 12.4 Å². The van der Waals surface area contributed by atoms with Crippen LogP contribution in [0.2, 0.25) is 0 Å². The molecule has 0 spiro atoms. The Hall–Kier alpha value is -1.59. The lowest BCUT2D eigenvalue weighted by molar-refractivity contribution is -0.121. The summed E-state index contributed by atoms with van der Waals surface area (Å²) >= 11 is 0. The number of hydrogen-bond donors (Lipinski definition) is 2. The number of anilines is 1. The Morgan fingerprint density at radius 1 is 1.04 bits per heavy atom. The molecule has 4 atom stereocenters. The second-order valence-corrected chi connectivity index (χ2v) is 7.50. The number of likely N-dealkylation sites (tertiary alicyclic amines) is 1. The smallest absolute Gasteiger partial charge is 0.253 e. The first kappa shape index (κ1) is 18.2. The van der Waals surface area contributed by atoms with Crippen molar-refractivity contribution in [1.82, 2.24) is 4.90 Å². The molecule has 0 aromatic heterocycles. The van der Waals surface area contributed by atoms with Crippen LogP contribution in [-0.4, -0.2) is 35.8 Å². The Bertz CT molecular complexity index is 641. The normalized spacial score (nSPS) is 30.2. The summed E-state index contributed by atoms with van der Waals surface area (Å²) < 4.78 is 0. The number of halogens is 1. The highest BCUT2D eigenvalue weighted by Gasteiger charge is 2.49. The van der Waals surface area contributed by atoms with E-state index < -0.39 is 0 Å². The minimum atomic E-state index is -0.0605. The second-order valence-electron chi connectivity index (χ2n) is 7.50. The molecule has 2 saturated carbocycles. The van der Waals surface area contributed by atoms with Gasteiger partial charge in [0.25, 0.3) is 5.91 Å². The minimum absolute atomic E-state index is 0. The van der Waals surface area contributed by atoms with E-state index in [9.17, 15) is 9.59 Å². The number of hydrogen-bond acceptors (Lipinski definition) is 3. The monoisotopic (exact) mass is 363 g/mol. The van der Waals surface area contributed by atoms with Crippen LogP contribution in [-0.2, 0) is 4.79 Å². The molecule has 136 valence electrons. The molecule has 3 N–H and O–H groups in total. The van der Waals surface area contributed by atoms with E-state index in [1.807, 2.05) is 17.0 Å². The summed E-state index contributed by atoms with van der Waals surface area (Å²) in [6.45, 7) is 1.69. The van der Waals surface area contributed by atoms with Gasteiger partial charge in [0.15, 0.2) is 0 Å². The maximum atomic E-state index is 12.6. The van der Waals surface area contributed by atoms with Crippen molar-refractivity contribution in [3.8, 4) is 0 Å². The van der Waals surface area contributed by atoms with E-state index in [4.69, 9.17) is 5.73 Å². The van der Waals surface area contributed by atoms with Gasteiger partial charge in [0.1, 0.15) is 0 Å². The van der Waals surface area contributed by atoms with Crippen molar-refractivity contribution in [3.05, 3.63) is 29.8 Å². The van der Waals surface area contributed by atoms with Crippen LogP contribution in [0.1, 0.15) is 42.5 Å². The predicted molar refractivity (Wildman–Crippen MR) is 99.8 cm³/mol. The highest BCUT2D eigenvalue weighted by atomic mass is 35.5. The maximum Gasteiger partial charge on any atom is 0.253 e. The van der Waals surface area contributed by atoms with Gasteiger partial charge in [-0.2, -0.15) is 0 Å². The van der Waals surface area contributed by atoms with E-state index in [1.54, 1.807) is 12.1 Å². The van der Waals surface area contributed by atoms with Crippen LogP contribution in [0.3, 0.4) is 0 Å². The minimum Gasteiger partial charge on any atom is -0.339 e. The third-order valence-electron chi connectivity index (χ3n) is 6.08. The van der Waals surface area contributed by atoms with Crippen LogP contribution in [0.5, 0.6) is 0 Å². The van der Waals surface area contributed by atoms with Crippen LogP contribution in [0.25, 0.3) is 0 Å². The third kappa shape index (κ3) is 3.40. The van der Waals surface area contributed by atoms with Crippen LogP contribution in [0.4, 0.5) is 5.69 Å². The van der Waals surface area contributed by atoms with E-state index >= 15 is 0 Å². The lowest BCUT2D eigenvalue weighted by Crippen LogP contribution is -2.42. The lowest BCUT2D eigenvalue weighted by Gasteiger charge is -2.27. The first-order valence-corrected chi connectivity index (χ1v) is 9.09. The Labute approximate surface area is 154 Å². The topological polar surface area (TPSA) is 75.4 Å². The molecule has 0 radical (unpaired) electrons. The van der Waals surface area contributed by atoms with E-state index in [1.165, 1.54) is 6.42 Å². The highest BCUT2D eigenvalue weighted by Crippen LogP contribution is 2.47. The number of nitrogens with two attached hydrogens (primary N) is 1. The van der Waals surface area contributed by atoms with Crippen molar-refractivity contribution in [3.63, 3.8) is 0 Å². The van der Waals surface area contributed by atoms with Crippen molar-refractivity contribution in [1.29, 1.82) is 0 Å². The number of nitrogens with zero attached hydrogens (tertiary/aromatic N) is 1. The summed E-state index contributed by atoms with van der Waals surface area (Å²) in [4.78, 5) is 26.8. The molecule has 2 aliphatic carbocycles. The molecular formula is C19H26ClN3O2. The summed E-state index contributed by atoms with van der Waals surface area (Å²) in [5.41, 5.74) is 7.67. The molecule has 3 aliphatic rings. The van der Waals surface area contributed by atoms with Crippen LogP contribution in [0, 0.1) is 17.8 Å². The fourth-order valence-electron chi connectivity index (χ4n) is 4.75. The fraction of sp³-hybridized carbons (Fsp3) is 0.579. The summed E-state index contributed by atoms with van der Waals surface area (Å²) in [5.74, 6) is 1.02. The molecule has 25 heavy (non-hydrogen) atoms. The van der Waals surface area contributed by atoms with E-state index in [-0.39, 0.29) is 36.2 Å². The summed E-state index contributed by atoms with van der Waals surface area (Å²) in [7, 11) is 0. The van der Waals surface area contributed by atoms with Crippen LogP contribution < -0.4 is 11.1 Å². The number of carbonyl (C=O) groups excluding carboxylic acids is 2. The number of amides is 2. The van der Waals surface area contributed by atoms with Crippen LogP contribution in [0.15, 0.2) is 24.3 Å². The average molecular weight is 364 g/mol. The van der Waals surface area contributed by atoms with Crippen molar-refractivity contribution < 1.29 is 9.59 Å². The Morgan fingerprint density at radius 2 is 1.68 bits per heavy atom. The first-order chi connectivity index (χ1) is 11.6. The summed E-state index contributed by atoms with van der Waals surface area (Å²) in [5, 5.41) is 2.99. The molecule has 1 aromatic rings. The zero-order valence-corrected chi connectivity index (χ0v) is 15.1. The van der Waals surface area contributed by atoms with Gasteiger partial charge < -0.3 is 16.0 Å². The van der Waals surface area contributed by atoms with E-state index in [0.717, 1.165) is 44.5 Å². The summed E-state index contributed by atoms with van der Waals surface area (Å²) in [6.07, 6.45) is 5.57. The molecule has 1 aliphatic heterocycles. The van der Waals surface area contributed by atoms with Crippen molar-refractivity contribution >= 4 is 29.9 Å². The van der Waals surface area contributed by atoms with Gasteiger partial charge in [-0.25, -0.2) is 0 Å². The molecule has 1 saturated heterocycles. The van der Waals surface area contributed by atoms with Gasteiger partial charge in [-0.3, -0.25) is 9.59 Å². The Kier molecular flexibility index (Phi) is 5.35. The standard InChI is InChI=1S/C19H25N3O2.ClH/c20-17-14-4-3-13(11-14)16(17)18(23)21-15-7-5-12(6-8-15)19(24)22-9-1-2-10-22;/h5-8,13-14,16-17H,1-4,9-11,20H2,(H,21,23);1H. The quantitative estimate of drug-likeness (QED) is 0.866. The molecule has 4 rings (SSSR count). The molecule has 3 fully saturated rings. The number of rotatable bonds is 3. The largest absolute Gasteiger partial charge is 0.339 e. The zero-order chi connectivity index (χ0) is 16.7. The van der Waals surface area contributed by atoms with Gasteiger partial charge in [0.05, 0.1) is 5.92 Å².